The van der Waals surface area contributed by atoms with Crippen molar-refractivity contribution in [1.29, 1.82) is 0 Å². The molecule has 380 valence electrons. The van der Waals surface area contributed by atoms with Crippen molar-refractivity contribution in [1.82, 2.24) is 0 Å². The van der Waals surface area contributed by atoms with Crippen molar-refractivity contribution in [2.45, 2.75) is 154 Å². The van der Waals surface area contributed by atoms with E-state index in [1.165, 1.54) is 0 Å². The summed E-state index contributed by atoms with van der Waals surface area (Å²) in [5.41, 5.74) is 8.85. The van der Waals surface area contributed by atoms with Crippen LogP contribution in [0.3, 0.4) is 0 Å². The van der Waals surface area contributed by atoms with Crippen molar-refractivity contribution in [3.05, 3.63) is 119 Å². The monoisotopic (exact) mass is 958 g/mol. The Balaban J connectivity index is 0.874. The van der Waals surface area contributed by atoms with Gasteiger partial charge in [0.1, 0.15) is 61.6 Å². The number of ether oxygens (including phenoxy) is 10. The van der Waals surface area contributed by atoms with E-state index in [0.29, 0.717) is 70.5 Å². The highest BCUT2D eigenvalue weighted by molar-refractivity contribution is 5.29. The predicted molar refractivity (Wildman–Crippen MR) is 266 cm³/mol. The van der Waals surface area contributed by atoms with Crippen LogP contribution in [0.2, 0.25) is 0 Å². The highest BCUT2D eigenvalue weighted by atomic mass is 16.6. The number of hydrogen-bond acceptors (Lipinski definition) is 13. The topological polar surface area (TPSA) is 165 Å². The predicted octanol–water partition coefficient (Wildman–Crippen LogP) is 9.14. The quantitative estimate of drug-likeness (QED) is 0.0380. The first kappa shape index (κ1) is 54.1. The van der Waals surface area contributed by atoms with Gasteiger partial charge in [-0.05, 0) is 111 Å². The Morgan fingerprint density at radius 2 is 0.884 bits per heavy atom. The van der Waals surface area contributed by atoms with Crippen molar-refractivity contribution in [2.75, 3.05) is 46.2 Å². The van der Waals surface area contributed by atoms with Gasteiger partial charge in [0, 0.05) is 25.3 Å². The molecular weight excluding hydrogens is 879 g/mol. The lowest BCUT2D eigenvalue weighted by atomic mass is 9.83. The average molecular weight is 958 g/mol. The molecule has 0 saturated carbocycles. The third kappa shape index (κ3) is 18.1. The lowest BCUT2D eigenvalue weighted by Gasteiger charge is -2.39. The fourth-order valence-electron chi connectivity index (χ4n) is 7.88. The maximum Gasteiger partial charge on any atom is 0.119 e. The molecule has 9 atom stereocenters. The van der Waals surface area contributed by atoms with Crippen LogP contribution in [0.15, 0.2) is 97.1 Å². The Morgan fingerprint density at radius 3 is 1.22 bits per heavy atom. The van der Waals surface area contributed by atoms with E-state index in [-0.39, 0.29) is 37.4 Å². The first-order valence-corrected chi connectivity index (χ1v) is 24.9. The van der Waals surface area contributed by atoms with Crippen LogP contribution < -0.4 is 24.7 Å². The third-order valence-electron chi connectivity index (χ3n) is 13.7. The summed E-state index contributed by atoms with van der Waals surface area (Å²) >= 11 is 0. The van der Waals surface area contributed by atoms with E-state index in [4.69, 9.17) is 53.1 Å². The van der Waals surface area contributed by atoms with Crippen molar-refractivity contribution >= 4 is 0 Å². The summed E-state index contributed by atoms with van der Waals surface area (Å²) in [6, 6.07) is 31.3. The standard InChI is InChI=1S/C56H79NO12/c1-8-54(5,67-31-42-13-23-49(24-14-42)62-36-51-38-64-51)27-45(58)34-60-47-19-11-41(12-20-47)30-66-53(29-57)40(4)56(7,10-3)69-33-44-17-21-48(22-18-44)61-35-46(59)28-55(6,9-2)68-32-43-15-25-50(26-16-43)63-37-52-39-65-52/h11-26,40,45-46,51-53,58-59H,8-10,27-39,57H2,1-7H3. The molecule has 2 saturated heterocycles. The summed E-state index contributed by atoms with van der Waals surface area (Å²) < 4.78 is 59.5. The molecule has 4 N–H and O–H groups in total. The highest BCUT2D eigenvalue weighted by Crippen LogP contribution is 2.32. The average Bonchev–Trinajstić information content (AvgIpc) is 4.33. The molecule has 0 aromatic heterocycles. The molecule has 0 spiro atoms. The molecule has 0 amide bonds. The van der Waals surface area contributed by atoms with Crippen molar-refractivity contribution in [3.63, 3.8) is 0 Å². The van der Waals surface area contributed by atoms with Gasteiger partial charge < -0.3 is 63.3 Å². The van der Waals surface area contributed by atoms with Crippen molar-refractivity contribution in [2.24, 2.45) is 11.7 Å². The first-order chi connectivity index (χ1) is 33.2. The maximum atomic E-state index is 10.9. The van der Waals surface area contributed by atoms with Crippen LogP contribution in [0, 0.1) is 5.92 Å². The normalized spacial score (nSPS) is 19.8. The molecule has 2 aliphatic rings. The molecule has 2 fully saturated rings. The van der Waals surface area contributed by atoms with E-state index in [2.05, 4.69) is 34.6 Å². The van der Waals surface area contributed by atoms with Crippen LogP contribution in [0.5, 0.6) is 23.0 Å². The van der Waals surface area contributed by atoms with Crippen LogP contribution in [0.25, 0.3) is 0 Å². The van der Waals surface area contributed by atoms with Gasteiger partial charge in [-0.2, -0.15) is 0 Å². The molecule has 0 aliphatic carbocycles. The van der Waals surface area contributed by atoms with Gasteiger partial charge in [-0.3, -0.25) is 0 Å². The van der Waals surface area contributed by atoms with E-state index < -0.39 is 29.0 Å². The second-order valence-corrected chi connectivity index (χ2v) is 19.5. The SMILES string of the molecule is CCC(C)(CC(O)COc1ccc(COC(CN)C(C)C(C)(CC)OCc2ccc(OCC(O)CC(C)(CC)OCc3ccc(OCC4CO4)cc3)cc2)cc1)OCc1ccc(OCC2CO2)cc1. The van der Waals surface area contributed by atoms with Crippen LogP contribution in [0.4, 0.5) is 0 Å². The minimum absolute atomic E-state index is 0.00315. The van der Waals surface area contributed by atoms with Gasteiger partial charge >= 0.3 is 0 Å². The molecule has 13 heteroatoms. The van der Waals surface area contributed by atoms with Gasteiger partial charge in [0.25, 0.3) is 0 Å². The Morgan fingerprint density at radius 1 is 0.536 bits per heavy atom. The molecule has 13 nitrogen and oxygen atoms in total. The second-order valence-electron chi connectivity index (χ2n) is 19.5. The van der Waals surface area contributed by atoms with E-state index in [9.17, 15) is 10.2 Å². The van der Waals surface area contributed by atoms with E-state index in [1.54, 1.807) is 0 Å². The molecule has 69 heavy (non-hydrogen) atoms. The number of aliphatic hydroxyl groups is 2. The summed E-state index contributed by atoms with van der Waals surface area (Å²) in [7, 11) is 0. The van der Waals surface area contributed by atoms with Crippen LogP contribution >= 0.6 is 0 Å². The Labute approximate surface area is 410 Å². The third-order valence-corrected chi connectivity index (χ3v) is 13.7. The van der Waals surface area contributed by atoms with Gasteiger partial charge in [0.2, 0.25) is 0 Å². The number of aliphatic hydroxyl groups excluding tert-OH is 2. The maximum absolute atomic E-state index is 10.9. The summed E-state index contributed by atoms with van der Waals surface area (Å²) in [6.45, 7) is 19.6. The summed E-state index contributed by atoms with van der Waals surface area (Å²) in [5.74, 6) is 2.97. The van der Waals surface area contributed by atoms with Gasteiger partial charge in [-0.15, -0.1) is 0 Å². The van der Waals surface area contributed by atoms with Crippen LogP contribution in [-0.4, -0.2) is 104 Å². The molecule has 0 radical (unpaired) electrons. The van der Waals surface area contributed by atoms with E-state index in [1.807, 2.05) is 111 Å². The lowest BCUT2D eigenvalue weighted by Crippen LogP contribution is -2.45. The Bertz CT molecular complexity index is 2060. The van der Waals surface area contributed by atoms with Crippen LogP contribution in [-0.2, 0) is 54.8 Å². The first-order valence-electron chi connectivity index (χ1n) is 24.9. The van der Waals surface area contributed by atoms with E-state index >= 15 is 0 Å². The molecule has 0 bridgehead atoms. The molecule has 4 aromatic carbocycles. The summed E-state index contributed by atoms with van der Waals surface area (Å²) in [6.07, 6.45) is 1.93. The minimum atomic E-state index is -0.705. The smallest absolute Gasteiger partial charge is 0.119 e. The molecule has 4 aromatic rings. The number of epoxide rings is 2. The van der Waals surface area contributed by atoms with Gasteiger partial charge in [0.05, 0.1) is 74.8 Å². The van der Waals surface area contributed by atoms with Crippen molar-refractivity contribution in [3.8, 4) is 23.0 Å². The zero-order valence-electron chi connectivity index (χ0n) is 42.1. The molecular formula is C56H79NO12. The highest BCUT2D eigenvalue weighted by Gasteiger charge is 2.36. The lowest BCUT2D eigenvalue weighted by molar-refractivity contribution is -0.127. The summed E-state index contributed by atoms with van der Waals surface area (Å²) in [5, 5.41) is 21.9. The Hall–Kier alpha value is -4.28. The largest absolute Gasteiger partial charge is 0.491 e. The molecule has 6 rings (SSSR count). The minimum Gasteiger partial charge on any atom is -0.491 e. The van der Waals surface area contributed by atoms with Gasteiger partial charge in [0.15, 0.2) is 0 Å². The fraction of sp³-hybridized carbons (Fsp3) is 0.571. The molecule has 9 unspecified atom stereocenters. The number of benzene rings is 4. The number of rotatable bonds is 34. The zero-order valence-corrected chi connectivity index (χ0v) is 42.1. The van der Waals surface area contributed by atoms with Gasteiger partial charge in [-0.25, -0.2) is 0 Å². The van der Waals surface area contributed by atoms with Crippen LogP contribution in [0.1, 0.15) is 103 Å². The number of nitrogens with two attached hydrogens (primary N) is 1. The number of hydrogen-bond donors (Lipinski definition) is 3. The molecule has 2 aliphatic heterocycles. The summed E-state index contributed by atoms with van der Waals surface area (Å²) in [4.78, 5) is 0. The van der Waals surface area contributed by atoms with E-state index in [0.717, 1.165) is 66.2 Å². The second kappa shape index (κ2) is 26.2. The Kier molecular flexibility index (Phi) is 20.6. The molecule has 2 heterocycles. The van der Waals surface area contributed by atoms with Crippen molar-refractivity contribution < 1.29 is 57.6 Å². The van der Waals surface area contributed by atoms with Gasteiger partial charge in [-0.1, -0.05) is 76.2 Å². The fourth-order valence-corrected chi connectivity index (χ4v) is 7.88. The zero-order chi connectivity index (χ0) is 49.3.